The van der Waals surface area contributed by atoms with Crippen molar-refractivity contribution in [3.05, 3.63) is 11.6 Å². The molecule has 14 heteroatoms. The number of hydroxylamine groups is 2. The topological polar surface area (TPSA) is 143 Å². The number of unbranched alkanes of at least 4 members (excludes halogenated alkanes) is 18. The van der Waals surface area contributed by atoms with E-state index in [2.05, 4.69) is 184 Å². The molecular formula is C75H148N10O4. The molecule has 0 saturated carbocycles. The molecule has 522 valence electrons. The summed E-state index contributed by atoms with van der Waals surface area (Å²) in [4.78, 5) is 39.9. The summed E-state index contributed by atoms with van der Waals surface area (Å²) in [6.45, 7) is 52.2. The quantitative estimate of drug-likeness (QED) is 0.0384. The van der Waals surface area contributed by atoms with Crippen LogP contribution in [0.4, 0.5) is 5.95 Å². The van der Waals surface area contributed by atoms with E-state index in [-0.39, 0.29) is 63.0 Å². The summed E-state index contributed by atoms with van der Waals surface area (Å²) in [6.07, 6.45) is 36.7. The number of aromatic nitrogens is 3. The van der Waals surface area contributed by atoms with Crippen LogP contribution in [0, 0.1) is 13.8 Å². The van der Waals surface area contributed by atoms with Crippen LogP contribution in [0.15, 0.2) is 0 Å². The molecule has 4 aliphatic heterocycles. The average molecular weight is 1250 g/mol. The molecule has 0 aliphatic carbocycles. The van der Waals surface area contributed by atoms with Gasteiger partial charge in [-0.25, -0.2) is 4.98 Å². The van der Waals surface area contributed by atoms with E-state index in [0.29, 0.717) is 24.5 Å². The van der Waals surface area contributed by atoms with Crippen molar-refractivity contribution in [1.29, 1.82) is 0 Å². The van der Waals surface area contributed by atoms with Crippen molar-refractivity contribution in [2.45, 2.75) is 419 Å². The molecule has 0 radical (unpaired) electrons. The Morgan fingerprint density at radius 2 is 0.809 bits per heavy atom. The Morgan fingerprint density at radius 3 is 1.16 bits per heavy atom. The van der Waals surface area contributed by atoms with Gasteiger partial charge in [0.15, 0.2) is 0 Å². The van der Waals surface area contributed by atoms with Gasteiger partial charge in [0.1, 0.15) is 17.8 Å². The minimum absolute atomic E-state index is 0.0628. The van der Waals surface area contributed by atoms with Gasteiger partial charge < -0.3 is 40.5 Å². The van der Waals surface area contributed by atoms with Crippen LogP contribution in [0.3, 0.4) is 0 Å². The fourth-order valence-corrected chi connectivity index (χ4v) is 16.3. The van der Waals surface area contributed by atoms with Crippen molar-refractivity contribution < 1.29 is 19.5 Å². The molecule has 0 spiro atoms. The zero-order valence-electron chi connectivity index (χ0n) is 63.2. The predicted molar refractivity (Wildman–Crippen MR) is 379 cm³/mol. The number of nitrogens with zero attached hydrogens (tertiary/aromatic N) is 7. The molecule has 4 saturated heterocycles. The third-order valence-corrected chi connectivity index (χ3v) is 19.2. The number of hydrogen-bond donors (Lipinski definition) is 4. The van der Waals surface area contributed by atoms with Crippen LogP contribution in [0.1, 0.15) is 343 Å². The maximum atomic E-state index is 12.5. The van der Waals surface area contributed by atoms with E-state index >= 15 is 0 Å². The fourth-order valence-electron chi connectivity index (χ4n) is 16.3. The van der Waals surface area contributed by atoms with E-state index in [0.717, 1.165) is 69.1 Å². The number of aliphatic hydroxyl groups is 1. The van der Waals surface area contributed by atoms with Crippen LogP contribution in [0.25, 0.3) is 0 Å². The number of esters is 1. The van der Waals surface area contributed by atoms with Crippen LogP contribution in [-0.4, -0.2) is 155 Å². The lowest BCUT2D eigenvalue weighted by atomic mass is 9.79. The second-order valence-corrected chi connectivity index (χ2v) is 34.7. The lowest BCUT2D eigenvalue weighted by Gasteiger charge is -2.53. The van der Waals surface area contributed by atoms with Crippen LogP contribution in [0.5, 0.6) is 0 Å². The number of anilines is 1. The molecule has 89 heavy (non-hydrogen) atoms. The van der Waals surface area contributed by atoms with Gasteiger partial charge in [-0.3, -0.25) is 9.63 Å². The monoisotopic (exact) mass is 1250 g/mol. The minimum atomic E-state index is -0.886. The summed E-state index contributed by atoms with van der Waals surface area (Å²) in [5, 5.41) is 23.5. The highest BCUT2D eigenvalue weighted by Crippen LogP contribution is 2.41. The number of ether oxygens (including phenoxy) is 1. The molecule has 1 aromatic heterocycles. The maximum absolute atomic E-state index is 12.5. The highest BCUT2D eigenvalue weighted by Gasteiger charge is 2.49. The zero-order chi connectivity index (χ0) is 67.1. The zero-order valence-corrected chi connectivity index (χ0v) is 63.2. The van der Waals surface area contributed by atoms with Gasteiger partial charge in [0.05, 0.1) is 12.2 Å². The van der Waals surface area contributed by atoms with Gasteiger partial charge in [0.25, 0.3) is 0 Å². The number of hydrogen-bond acceptors (Lipinski definition) is 14. The van der Waals surface area contributed by atoms with E-state index in [1.165, 1.54) is 154 Å². The van der Waals surface area contributed by atoms with E-state index in [1.54, 1.807) is 13.8 Å². The van der Waals surface area contributed by atoms with Crippen molar-refractivity contribution in [2.75, 3.05) is 45.2 Å². The summed E-state index contributed by atoms with van der Waals surface area (Å²) in [6, 6.07) is 1.86. The van der Waals surface area contributed by atoms with E-state index in [4.69, 9.17) is 9.57 Å². The SMILES string of the molecule is CCCCCCCCCCCCCCCCCC(=O)OC1CC(C)(C)N(OCC(C)(C)O)C(C)(C)C1.CCCCN(c1nc(C)nc(C)n1)C1CC(C)(C)NC(C)(C)C1.CN(CCCCCCN(C)C1CC(C)(C)NC(C)(C)C1)C1CC(C)(C)NC(C)(C)C1. The van der Waals surface area contributed by atoms with Gasteiger partial charge in [0, 0.05) is 88.2 Å². The van der Waals surface area contributed by atoms with Gasteiger partial charge in [-0.05, 0) is 230 Å². The number of rotatable bonds is 34. The molecule has 4 N–H and O–H groups in total. The minimum Gasteiger partial charge on any atom is -0.462 e. The molecule has 1 aromatic rings. The predicted octanol–water partition coefficient (Wildman–Crippen LogP) is 16.9. The van der Waals surface area contributed by atoms with Crippen molar-refractivity contribution in [2.24, 2.45) is 0 Å². The van der Waals surface area contributed by atoms with Crippen molar-refractivity contribution in [3.8, 4) is 0 Å². The molecule has 0 atom stereocenters. The second-order valence-electron chi connectivity index (χ2n) is 34.7. The number of carbonyl (C=O) groups is 1. The Hall–Kier alpha value is -2.04. The standard InChI is InChI=1S/C31H61NO4.C26H54N4.C18H33N5/c1-8-9-10-11-12-13-14-15-16-17-18-19-20-21-22-23-28(33)36-27-24-29(2,3)32(30(4,5)25-27)35-26-31(6,7)34;1-23(2)17-21(18-24(3,4)27-23)29(9)15-13-11-12-14-16-30(10)22-19-25(5,6)28-26(7,8)20-22;1-8-9-10-23(16-20-13(2)19-14(3)21-16)15-11-17(4,5)22-18(6,7)12-15/h27,34H,8-26H2,1-7H3;21-22,27-28H,11-20H2,1-10H3;15,22H,8-12H2,1-7H3. The van der Waals surface area contributed by atoms with Crippen LogP contribution >= 0.6 is 0 Å². The summed E-state index contributed by atoms with van der Waals surface area (Å²) in [5.74, 6) is 2.40. The Bertz CT molecular complexity index is 2000. The first-order chi connectivity index (χ1) is 41.1. The highest BCUT2D eigenvalue weighted by molar-refractivity contribution is 5.69. The van der Waals surface area contributed by atoms with Gasteiger partial charge in [0.2, 0.25) is 5.95 Å². The summed E-state index contributed by atoms with van der Waals surface area (Å²) < 4.78 is 5.90. The van der Waals surface area contributed by atoms with E-state index < -0.39 is 5.60 Å². The lowest BCUT2D eigenvalue weighted by Crippen LogP contribution is -2.62. The van der Waals surface area contributed by atoms with Crippen molar-refractivity contribution in [1.82, 2.24) is 45.8 Å². The van der Waals surface area contributed by atoms with Crippen molar-refractivity contribution in [3.63, 3.8) is 0 Å². The first kappa shape index (κ1) is 81.2. The first-order valence-corrected chi connectivity index (χ1v) is 36.7. The van der Waals surface area contributed by atoms with E-state index in [1.807, 2.05) is 18.9 Å². The normalized spacial score (nSPS) is 21.7. The first-order valence-electron chi connectivity index (χ1n) is 36.7. The van der Waals surface area contributed by atoms with Gasteiger partial charge in [-0.1, -0.05) is 123 Å². The Morgan fingerprint density at radius 1 is 0.483 bits per heavy atom. The molecule has 5 rings (SSSR count). The summed E-state index contributed by atoms with van der Waals surface area (Å²) in [7, 11) is 4.69. The average Bonchev–Trinajstić information content (AvgIpc) is 0.833. The molecule has 0 bridgehead atoms. The molecule has 5 heterocycles. The van der Waals surface area contributed by atoms with Crippen LogP contribution in [0.2, 0.25) is 0 Å². The number of aryl methyl sites for hydroxylation is 2. The Labute approximate surface area is 550 Å². The third kappa shape index (κ3) is 32.8. The molecule has 14 nitrogen and oxygen atoms in total. The second kappa shape index (κ2) is 36.7. The Balaban J connectivity index is 0.000000357. The molecule has 4 fully saturated rings. The lowest BCUT2D eigenvalue weighted by molar-refractivity contribution is -0.306. The third-order valence-electron chi connectivity index (χ3n) is 19.2. The molecule has 0 amide bonds. The number of piperidine rings is 4. The van der Waals surface area contributed by atoms with Gasteiger partial charge >= 0.3 is 5.97 Å². The summed E-state index contributed by atoms with van der Waals surface area (Å²) >= 11 is 0. The van der Waals surface area contributed by atoms with Crippen LogP contribution < -0.4 is 20.9 Å². The molecule has 4 aliphatic rings. The van der Waals surface area contributed by atoms with Crippen LogP contribution in [-0.2, 0) is 14.4 Å². The Kier molecular flexibility index (Phi) is 33.5. The largest absolute Gasteiger partial charge is 0.462 e. The summed E-state index contributed by atoms with van der Waals surface area (Å²) in [5.41, 5.74) is -0.262. The van der Waals surface area contributed by atoms with Gasteiger partial charge in [-0.2, -0.15) is 15.0 Å². The molecule has 0 aromatic carbocycles. The smallest absolute Gasteiger partial charge is 0.306 e. The maximum Gasteiger partial charge on any atom is 0.306 e. The number of carbonyl (C=O) groups excluding carboxylic acids is 1. The van der Waals surface area contributed by atoms with Crippen molar-refractivity contribution >= 4 is 11.9 Å². The van der Waals surface area contributed by atoms with Gasteiger partial charge in [-0.15, -0.1) is 0 Å². The van der Waals surface area contributed by atoms with E-state index in [9.17, 15) is 9.90 Å². The molecule has 0 unspecified atom stereocenters. The molecular weight excluding hydrogens is 1100 g/mol. The fraction of sp³-hybridized carbons (Fsp3) is 0.947. The highest BCUT2D eigenvalue weighted by atomic mass is 16.7. The number of nitrogens with one attached hydrogen (secondary N) is 3.